The standard InChI is InChI=1S/C16H17NO3S.C3H8/c1-12-11-13-5-3-4-6-16(13)17(12)21(18,19)15-9-7-14(20-2)8-10-15;1-3-2/h3-10,12H,11H2,1-2H3;3H2,1-2H3. The van der Waals surface area contributed by atoms with Crippen molar-refractivity contribution in [1.29, 1.82) is 0 Å². The third-order valence-electron chi connectivity index (χ3n) is 3.76. The van der Waals surface area contributed by atoms with Crippen molar-refractivity contribution >= 4 is 15.7 Å². The number of anilines is 1. The van der Waals surface area contributed by atoms with E-state index in [2.05, 4.69) is 13.8 Å². The first-order chi connectivity index (χ1) is 11.5. The van der Waals surface area contributed by atoms with Gasteiger partial charge in [-0.2, -0.15) is 0 Å². The lowest BCUT2D eigenvalue weighted by atomic mass is 10.1. The van der Waals surface area contributed by atoms with E-state index in [4.69, 9.17) is 4.74 Å². The second-order valence-electron chi connectivity index (χ2n) is 5.87. The molecule has 5 heteroatoms. The SMILES string of the molecule is CCC.COc1ccc(S(=O)(=O)N2c3ccccc3CC2C)cc1. The molecule has 1 aliphatic heterocycles. The topological polar surface area (TPSA) is 46.6 Å². The highest BCUT2D eigenvalue weighted by molar-refractivity contribution is 7.92. The van der Waals surface area contributed by atoms with Gasteiger partial charge in [0.25, 0.3) is 10.0 Å². The molecule has 0 saturated heterocycles. The Balaban J connectivity index is 0.000000647. The van der Waals surface area contributed by atoms with Crippen LogP contribution in [0.2, 0.25) is 0 Å². The van der Waals surface area contributed by atoms with Crippen molar-refractivity contribution < 1.29 is 13.2 Å². The zero-order chi connectivity index (χ0) is 17.7. The molecule has 0 amide bonds. The van der Waals surface area contributed by atoms with Crippen LogP contribution < -0.4 is 9.04 Å². The first-order valence-corrected chi connectivity index (χ1v) is 9.66. The number of nitrogens with zero attached hydrogens (tertiary/aromatic N) is 1. The minimum atomic E-state index is -3.55. The Hall–Kier alpha value is -2.01. The molecule has 0 aliphatic carbocycles. The molecule has 0 spiro atoms. The summed E-state index contributed by atoms with van der Waals surface area (Å²) in [7, 11) is -1.99. The van der Waals surface area contributed by atoms with Gasteiger partial charge in [-0.3, -0.25) is 4.31 Å². The van der Waals surface area contributed by atoms with Gasteiger partial charge in [-0.15, -0.1) is 0 Å². The highest BCUT2D eigenvalue weighted by Crippen LogP contribution is 2.36. The molecule has 0 N–H and O–H groups in total. The van der Waals surface area contributed by atoms with E-state index in [0.717, 1.165) is 17.7 Å². The van der Waals surface area contributed by atoms with Gasteiger partial charge in [-0.05, 0) is 49.2 Å². The summed E-state index contributed by atoms with van der Waals surface area (Å²) < 4.78 is 32.4. The van der Waals surface area contributed by atoms with Crippen molar-refractivity contribution in [2.75, 3.05) is 11.4 Å². The molecular formula is C19H25NO3S. The van der Waals surface area contributed by atoms with Crippen LogP contribution in [0.3, 0.4) is 0 Å². The molecule has 1 heterocycles. The Morgan fingerprint density at radius 2 is 1.67 bits per heavy atom. The minimum Gasteiger partial charge on any atom is -0.497 e. The van der Waals surface area contributed by atoms with E-state index in [-0.39, 0.29) is 10.9 Å². The molecule has 1 aliphatic rings. The summed E-state index contributed by atoms with van der Waals surface area (Å²) in [5, 5.41) is 0. The van der Waals surface area contributed by atoms with Gasteiger partial charge >= 0.3 is 0 Å². The lowest BCUT2D eigenvalue weighted by Gasteiger charge is -2.24. The molecule has 0 saturated carbocycles. The number of fused-ring (bicyclic) bond motifs is 1. The molecule has 0 aromatic heterocycles. The number of ether oxygens (including phenoxy) is 1. The molecule has 2 aromatic rings. The number of hydrogen-bond donors (Lipinski definition) is 0. The molecule has 1 unspecified atom stereocenters. The van der Waals surface area contributed by atoms with E-state index in [1.807, 2.05) is 31.2 Å². The summed E-state index contributed by atoms with van der Waals surface area (Å²) in [6.45, 7) is 6.18. The molecule has 130 valence electrons. The predicted molar refractivity (Wildman–Crippen MR) is 98.2 cm³/mol. The summed E-state index contributed by atoms with van der Waals surface area (Å²) in [5.74, 6) is 0.642. The molecule has 2 aromatic carbocycles. The number of sulfonamides is 1. The second kappa shape index (κ2) is 7.71. The molecular weight excluding hydrogens is 322 g/mol. The number of para-hydroxylation sites is 1. The number of benzene rings is 2. The van der Waals surface area contributed by atoms with Crippen LogP contribution in [0.25, 0.3) is 0 Å². The van der Waals surface area contributed by atoms with Crippen LogP contribution in [0.15, 0.2) is 53.4 Å². The third kappa shape index (κ3) is 3.56. The quantitative estimate of drug-likeness (QED) is 0.834. The molecule has 4 nitrogen and oxygen atoms in total. The highest BCUT2D eigenvalue weighted by atomic mass is 32.2. The third-order valence-corrected chi connectivity index (χ3v) is 5.70. The number of methoxy groups -OCH3 is 1. The van der Waals surface area contributed by atoms with Crippen LogP contribution in [0.5, 0.6) is 5.75 Å². The Morgan fingerprint density at radius 3 is 2.25 bits per heavy atom. The van der Waals surface area contributed by atoms with Crippen LogP contribution in [-0.2, 0) is 16.4 Å². The number of hydrogen-bond acceptors (Lipinski definition) is 3. The minimum absolute atomic E-state index is 0.0745. The summed E-state index contributed by atoms with van der Waals surface area (Å²) >= 11 is 0. The van der Waals surface area contributed by atoms with Crippen molar-refractivity contribution in [3.8, 4) is 5.75 Å². The Labute approximate surface area is 145 Å². The van der Waals surface area contributed by atoms with Gasteiger partial charge in [0, 0.05) is 6.04 Å². The first-order valence-electron chi connectivity index (χ1n) is 8.22. The zero-order valence-corrected chi connectivity index (χ0v) is 15.5. The predicted octanol–water partition coefficient (Wildman–Crippen LogP) is 4.25. The molecule has 0 radical (unpaired) electrons. The molecule has 3 rings (SSSR count). The maximum atomic E-state index is 12.9. The Kier molecular flexibility index (Phi) is 5.89. The normalized spacial score (nSPS) is 16.2. The van der Waals surface area contributed by atoms with Gasteiger partial charge < -0.3 is 4.74 Å². The number of rotatable bonds is 3. The van der Waals surface area contributed by atoms with Crippen LogP contribution in [-0.4, -0.2) is 21.6 Å². The van der Waals surface area contributed by atoms with E-state index >= 15 is 0 Å². The van der Waals surface area contributed by atoms with Crippen LogP contribution in [0, 0.1) is 0 Å². The van der Waals surface area contributed by atoms with Crippen molar-refractivity contribution in [2.45, 2.75) is 44.6 Å². The average Bonchev–Trinajstić information content (AvgIpc) is 2.92. The maximum absolute atomic E-state index is 12.9. The van der Waals surface area contributed by atoms with E-state index < -0.39 is 10.0 Å². The van der Waals surface area contributed by atoms with E-state index in [1.54, 1.807) is 31.4 Å². The summed E-state index contributed by atoms with van der Waals surface area (Å²) in [4.78, 5) is 0.284. The zero-order valence-electron chi connectivity index (χ0n) is 14.7. The fraction of sp³-hybridized carbons (Fsp3) is 0.368. The van der Waals surface area contributed by atoms with Crippen LogP contribution in [0.4, 0.5) is 5.69 Å². The summed E-state index contributed by atoms with van der Waals surface area (Å²) in [6, 6.07) is 14.1. The highest BCUT2D eigenvalue weighted by Gasteiger charge is 2.35. The van der Waals surface area contributed by atoms with E-state index in [0.29, 0.717) is 5.75 Å². The average molecular weight is 347 g/mol. The Bertz CT molecular complexity index is 769. The fourth-order valence-electron chi connectivity index (χ4n) is 2.76. The second-order valence-corrected chi connectivity index (χ2v) is 7.68. The van der Waals surface area contributed by atoms with Gasteiger partial charge in [0.05, 0.1) is 17.7 Å². The van der Waals surface area contributed by atoms with E-state index in [1.165, 1.54) is 10.7 Å². The van der Waals surface area contributed by atoms with Crippen molar-refractivity contribution in [2.24, 2.45) is 0 Å². The van der Waals surface area contributed by atoms with Gasteiger partial charge in [0.2, 0.25) is 0 Å². The van der Waals surface area contributed by atoms with Crippen LogP contribution in [0.1, 0.15) is 32.8 Å². The lowest BCUT2D eigenvalue weighted by molar-refractivity contribution is 0.414. The lowest BCUT2D eigenvalue weighted by Crippen LogP contribution is -2.35. The van der Waals surface area contributed by atoms with Gasteiger partial charge in [0.15, 0.2) is 0 Å². The van der Waals surface area contributed by atoms with Gasteiger partial charge in [0.1, 0.15) is 5.75 Å². The van der Waals surface area contributed by atoms with Crippen molar-refractivity contribution in [1.82, 2.24) is 0 Å². The maximum Gasteiger partial charge on any atom is 0.264 e. The summed E-state index contributed by atoms with van der Waals surface area (Å²) in [5.41, 5.74) is 1.85. The monoisotopic (exact) mass is 347 g/mol. The fourth-order valence-corrected chi connectivity index (χ4v) is 4.46. The van der Waals surface area contributed by atoms with Crippen molar-refractivity contribution in [3.05, 3.63) is 54.1 Å². The first kappa shape index (κ1) is 18.3. The smallest absolute Gasteiger partial charge is 0.264 e. The van der Waals surface area contributed by atoms with Gasteiger partial charge in [-0.25, -0.2) is 8.42 Å². The van der Waals surface area contributed by atoms with Gasteiger partial charge in [-0.1, -0.05) is 38.5 Å². The molecule has 24 heavy (non-hydrogen) atoms. The van der Waals surface area contributed by atoms with Crippen molar-refractivity contribution in [3.63, 3.8) is 0 Å². The van der Waals surface area contributed by atoms with Crippen LogP contribution >= 0.6 is 0 Å². The molecule has 0 bridgehead atoms. The van der Waals surface area contributed by atoms with E-state index in [9.17, 15) is 8.42 Å². The molecule has 0 fully saturated rings. The summed E-state index contributed by atoms with van der Waals surface area (Å²) in [6.07, 6.45) is 1.99. The largest absolute Gasteiger partial charge is 0.497 e. The Morgan fingerprint density at radius 1 is 1.08 bits per heavy atom. The molecule has 1 atom stereocenters.